The summed E-state index contributed by atoms with van der Waals surface area (Å²) in [7, 11) is 2.56. The number of alkyl carbamates (subject to hydrolysis) is 2. The number of aromatic amines is 1. The lowest BCUT2D eigenvalue weighted by Gasteiger charge is -2.30. The van der Waals surface area contributed by atoms with Gasteiger partial charge in [0, 0.05) is 48.5 Å². The molecule has 59 heavy (non-hydrogen) atoms. The summed E-state index contributed by atoms with van der Waals surface area (Å²) in [4.78, 5) is 81.2. The first-order valence-corrected chi connectivity index (χ1v) is 20.6. The van der Waals surface area contributed by atoms with E-state index in [1.54, 1.807) is 11.1 Å². The summed E-state index contributed by atoms with van der Waals surface area (Å²) in [6.45, 7) is 9.00. The number of carbonyl (C=O) groups excluding carboxylic acids is 5. The third-order valence-electron chi connectivity index (χ3n) is 11.9. The van der Waals surface area contributed by atoms with Crippen molar-refractivity contribution >= 4 is 40.8 Å². The topological polar surface area (TPSA) is 188 Å². The maximum Gasteiger partial charge on any atom is 0.407 e. The summed E-state index contributed by atoms with van der Waals surface area (Å²) < 4.78 is 9.51. The van der Waals surface area contributed by atoms with E-state index >= 15 is 0 Å². The van der Waals surface area contributed by atoms with Crippen molar-refractivity contribution in [1.29, 1.82) is 0 Å². The number of nitrogens with zero attached hydrogens (tertiary/aromatic N) is 4. The van der Waals surface area contributed by atoms with E-state index in [0.717, 1.165) is 83.3 Å². The fourth-order valence-corrected chi connectivity index (χ4v) is 8.61. The highest BCUT2D eigenvalue weighted by Gasteiger charge is 2.39. The van der Waals surface area contributed by atoms with Gasteiger partial charge < -0.3 is 40.2 Å². The molecule has 0 bridgehead atoms. The van der Waals surface area contributed by atoms with Gasteiger partial charge in [-0.1, -0.05) is 58.0 Å². The van der Waals surface area contributed by atoms with E-state index in [0.29, 0.717) is 18.7 Å². The van der Waals surface area contributed by atoms with Crippen molar-refractivity contribution in [2.75, 3.05) is 33.9 Å². The van der Waals surface area contributed by atoms with Crippen LogP contribution in [0.5, 0.6) is 0 Å². The van der Waals surface area contributed by atoms with E-state index in [1.165, 1.54) is 19.8 Å². The maximum atomic E-state index is 13.7. The first-order valence-electron chi connectivity index (χ1n) is 20.6. The molecule has 0 radical (unpaired) electrons. The van der Waals surface area contributed by atoms with Gasteiger partial charge in [-0.2, -0.15) is 0 Å². The number of aromatic nitrogens is 3. The van der Waals surface area contributed by atoms with Crippen LogP contribution < -0.4 is 16.0 Å². The van der Waals surface area contributed by atoms with Gasteiger partial charge in [0.15, 0.2) is 0 Å². The number of ether oxygens (including phenoxy) is 2. The number of likely N-dealkylation sites (tertiary alicyclic amines) is 2. The fraction of sp³-hybridized carbons (Fsp3) is 0.477. The maximum absolute atomic E-state index is 13.7. The minimum Gasteiger partial charge on any atom is -0.453 e. The summed E-state index contributed by atoms with van der Waals surface area (Å²) >= 11 is 0. The van der Waals surface area contributed by atoms with Crippen LogP contribution in [0.4, 0.5) is 9.59 Å². The van der Waals surface area contributed by atoms with Gasteiger partial charge in [-0.05, 0) is 79.2 Å². The summed E-state index contributed by atoms with van der Waals surface area (Å²) in [5.74, 6) is -0.0595. The Bertz CT molecular complexity index is 2250. The summed E-state index contributed by atoms with van der Waals surface area (Å²) in [6, 6.07) is 12.5. The number of amides is 5. The lowest BCUT2D eigenvalue weighted by molar-refractivity contribution is -0.136. The SMILES string of the molecule is COC(=O)NC(C(=O)N1CCCC1CNC(=O)c1cnc2cc(-c3ccc4c(c3)CCc3[nH]c(C5CCCN5C(=O)C(NC(=O)OC)C(C)C)nc3-4)ccc2c1)C(C)C. The summed E-state index contributed by atoms with van der Waals surface area (Å²) in [6.07, 6.45) is 5.13. The Morgan fingerprint density at radius 2 is 1.46 bits per heavy atom. The number of nitrogens with one attached hydrogen (secondary N) is 4. The second kappa shape index (κ2) is 17.5. The van der Waals surface area contributed by atoms with E-state index in [1.807, 2.05) is 56.9 Å². The van der Waals surface area contributed by atoms with E-state index < -0.39 is 24.3 Å². The Labute approximate surface area is 344 Å². The molecule has 7 rings (SSSR count). The lowest BCUT2D eigenvalue weighted by atomic mass is 9.89. The molecule has 4 N–H and O–H groups in total. The highest BCUT2D eigenvalue weighted by atomic mass is 16.5. The standard InChI is InChI=1S/C44H54N8O7/c1-24(2)36(49-43(56)58-5)41(54)51-17-7-9-31(51)23-46-40(53)30-20-29-12-11-27(21-34(29)45-22-30)26-13-15-32-28(19-26)14-16-33-38(32)48-39(47-33)35-10-8-18-52(35)42(55)37(25(3)4)50-44(57)59-6/h11-13,15,19-22,24-25,31,35-37H,7-10,14,16-18,23H2,1-6H3,(H,46,53)(H,47,48)(H,49,56)(H,50,57). The molecule has 1 aliphatic carbocycles. The van der Waals surface area contributed by atoms with Crippen molar-refractivity contribution in [2.45, 2.75) is 90.4 Å². The van der Waals surface area contributed by atoms with Crippen LogP contribution in [0, 0.1) is 11.8 Å². The number of hydrogen-bond acceptors (Lipinski definition) is 9. The molecule has 2 aliphatic heterocycles. The molecule has 2 fully saturated rings. The summed E-state index contributed by atoms with van der Waals surface area (Å²) in [5.41, 5.74) is 7.48. The molecular formula is C44H54N8O7. The van der Waals surface area contributed by atoms with Crippen LogP contribution >= 0.6 is 0 Å². The molecule has 2 aromatic carbocycles. The molecule has 0 spiro atoms. The second-order valence-electron chi connectivity index (χ2n) is 16.4. The minimum atomic E-state index is -0.719. The average Bonchev–Trinajstić information content (AvgIpc) is 4.02. The van der Waals surface area contributed by atoms with Crippen molar-refractivity contribution in [3.05, 3.63) is 71.3 Å². The Kier molecular flexibility index (Phi) is 12.2. The van der Waals surface area contributed by atoms with Crippen molar-refractivity contribution < 1.29 is 33.4 Å². The number of fused-ring (bicyclic) bond motifs is 4. The van der Waals surface area contributed by atoms with Crippen LogP contribution in [0.15, 0.2) is 48.7 Å². The van der Waals surface area contributed by atoms with Crippen LogP contribution in [0.1, 0.15) is 86.9 Å². The number of pyridine rings is 1. The van der Waals surface area contributed by atoms with Crippen LogP contribution in [0.25, 0.3) is 33.3 Å². The monoisotopic (exact) mass is 806 g/mol. The van der Waals surface area contributed by atoms with E-state index in [-0.39, 0.29) is 48.2 Å². The third-order valence-corrected chi connectivity index (χ3v) is 11.9. The molecule has 4 heterocycles. The van der Waals surface area contributed by atoms with Gasteiger partial charge in [0.1, 0.15) is 17.9 Å². The number of hydrogen-bond donors (Lipinski definition) is 4. The number of carbonyl (C=O) groups is 5. The minimum absolute atomic E-state index is 0.111. The second-order valence-corrected chi connectivity index (χ2v) is 16.4. The molecule has 312 valence electrons. The van der Waals surface area contributed by atoms with Gasteiger partial charge >= 0.3 is 12.2 Å². The van der Waals surface area contributed by atoms with Crippen molar-refractivity contribution in [1.82, 2.24) is 40.7 Å². The number of H-pyrrole nitrogens is 1. The Morgan fingerprint density at radius 1 is 0.814 bits per heavy atom. The molecule has 4 aromatic rings. The average molecular weight is 807 g/mol. The molecule has 3 aliphatic rings. The van der Waals surface area contributed by atoms with Crippen molar-refractivity contribution in [3.8, 4) is 22.4 Å². The smallest absolute Gasteiger partial charge is 0.407 e. The van der Waals surface area contributed by atoms with E-state index in [9.17, 15) is 24.0 Å². The first-order chi connectivity index (χ1) is 28.4. The molecular weight excluding hydrogens is 753 g/mol. The van der Waals surface area contributed by atoms with Gasteiger partial charge in [-0.3, -0.25) is 19.4 Å². The van der Waals surface area contributed by atoms with Crippen LogP contribution in [0.2, 0.25) is 0 Å². The molecule has 4 unspecified atom stereocenters. The zero-order chi connectivity index (χ0) is 42.0. The van der Waals surface area contributed by atoms with Crippen molar-refractivity contribution in [2.24, 2.45) is 11.8 Å². The van der Waals surface area contributed by atoms with Crippen LogP contribution in [0.3, 0.4) is 0 Å². The molecule has 2 aromatic heterocycles. The van der Waals surface area contributed by atoms with E-state index in [2.05, 4.69) is 44.1 Å². The Morgan fingerprint density at radius 3 is 2.15 bits per heavy atom. The Hall–Kier alpha value is -5.99. The highest BCUT2D eigenvalue weighted by Crippen LogP contribution is 2.39. The number of aryl methyl sites for hydroxylation is 2. The molecule has 2 saturated heterocycles. The lowest BCUT2D eigenvalue weighted by Crippen LogP contribution is -2.54. The number of benzene rings is 2. The fourth-order valence-electron chi connectivity index (χ4n) is 8.61. The molecule has 0 saturated carbocycles. The normalized spacial score (nSPS) is 18.3. The molecule has 15 heteroatoms. The van der Waals surface area contributed by atoms with Gasteiger partial charge in [0.2, 0.25) is 11.8 Å². The molecule has 5 amide bonds. The van der Waals surface area contributed by atoms with Gasteiger partial charge in [0.05, 0.1) is 37.0 Å². The Balaban J connectivity index is 1.02. The largest absolute Gasteiger partial charge is 0.453 e. The van der Waals surface area contributed by atoms with Crippen molar-refractivity contribution in [3.63, 3.8) is 0 Å². The highest BCUT2D eigenvalue weighted by molar-refractivity contribution is 5.98. The third kappa shape index (κ3) is 8.60. The molecule has 4 atom stereocenters. The quantitative estimate of drug-likeness (QED) is 0.151. The predicted octanol–water partition coefficient (Wildman–Crippen LogP) is 5.54. The zero-order valence-electron chi connectivity index (χ0n) is 34.6. The number of imidazole rings is 1. The first kappa shape index (κ1) is 41.2. The van der Waals surface area contributed by atoms with Gasteiger partial charge in [-0.15, -0.1) is 0 Å². The summed E-state index contributed by atoms with van der Waals surface area (Å²) in [5, 5.41) is 9.20. The number of methoxy groups -OCH3 is 2. The molecule has 15 nitrogen and oxygen atoms in total. The van der Waals surface area contributed by atoms with Gasteiger partial charge in [-0.25, -0.2) is 14.6 Å². The zero-order valence-corrected chi connectivity index (χ0v) is 34.6. The van der Waals surface area contributed by atoms with E-state index in [4.69, 9.17) is 14.5 Å². The predicted molar refractivity (Wildman–Crippen MR) is 221 cm³/mol. The van der Waals surface area contributed by atoms with Gasteiger partial charge in [0.25, 0.3) is 5.91 Å². The number of rotatable bonds is 11. The van der Waals surface area contributed by atoms with Crippen LogP contribution in [-0.2, 0) is 31.9 Å². The van der Waals surface area contributed by atoms with Crippen LogP contribution in [-0.4, -0.2) is 107 Å².